The second-order valence-corrected chi connectivity index (χ2v) is 7.40. The van der Waals surface area contributed by atoms with Crippen LogP contribution in [0.4, 0.5) is 9.18 Å². The summed E-state index contributed by atoms with van der Waals surface area (Å²) in [5.74, 6) is 0.0611. The first-order chi connectivity index (χ1) is 11.8. The van der Waals surface area contributed by atoms with Gasteiger partial charge < -0.3 is 9.64 Å². The minimum absolute atomic E-state index is 0.247. The minimum Gasteiger partial charge on any atom is -0.444 e. The summed E-state index contributed by atoms with van der Waals surface area (Å²) < 4.78 is 20.2. The van der Waals surface area contributed by atoms with Crippen LogP contribution in [0, 0.1) is 5.82 Å². The minimum atomic E-state index is -0.470. The second-order valence-electron chi connectivity index (χ2n) is 7.40. The quantitative estimate of drug-likeness (QED) is 0.822. The van der Waals surface area contributed by atoms with Crippen molar-refractivity contribution in [3.63, 3.8) is 0 Å². The number of halogens is 1. The third-order valence-electron chi connectivity index (χ3n) is 4.27. The highest BCUT2D eigenvalue weighted by atomic mass is 19.1. The number of amides is 1. The molecule has 0 aliphatic carbocycles. The maximum absolute atomic E-state index is 13.0. The molecule has 1 aliphatic rings. The van der Waals surface area contributed by atoms with Gasteiger partial charge in [0.1, 0.15) is 11.4 Å². The van der Waals surface area contributed by atoms with E-state index in [9.17, 15) is 9.18 Å². The van der Waals surface area contributed by atoms with E-state index in [1.165, 1.54) is 12.1 Å². The molecule has 1 amide bonds. The van der Waals surface area contributed by atoms with Crippen LogP contribution in [0.2, 0.25) is 0 Å². The van der Waals surface area contributed by atoms with Crippen molar-refractivity contribution in [1.82, 2.24) is 14.7 Å². The van der Waals surface area contributed by atoms with Crippen LogP contribution in [-0.4, -0.2) is 39.5 Å². The highest BCUT2D eigenvalue weighted by Crippen LogP contribution is 2.28. The maximum Gasteiger partial charge on any atom is 0.410 e. The molecule has 0 bridgehead atoms. The van der Waals surface area contributed by atoms with Crippen LogP contribution in [0.1, 0.15) is 45.2 Å². The normalized spacial score (nSPS) is 16.1. The third kappa shape index (κ3) is 4.38. The molecule has 134 valence electrons. The van der Waals surface area contributed by atoms with Crippen molar-refractivity contribution < 1.29 is 13.9 Å². The van der Waals surface area contributed by atoms with Crippen molar-refractivity contribution in [3.05, 3.63) is 48.0 Å². The first-order valence-corrected chi connectivity index (χ1v) is 8.61. The number of carbonyl (C=O) groups excluding carboxylic acids is 1. The van der Waals surface area contributed by atoms with Gasteiger partial charge in [0.25, 0.3) is 0 Å². The predicted octanol–water partition coefficient (Wildman–Crippen LogP) is 4.13. The van der Waals surface area contributed by atoms with E-state index in [1.807, 2.05) is 33.0 Å². The van der Waals surface area contributed by atoms with E-state index >= 15 is 0 Å². The summed E-state index contributed by atoms with van der Waals surface area (Å²) >= 11 is 0. The van der Waals surface area contributed by atoms with Gasteiger partial charge in [-0.1, -0.05) is 0 Å². The molecule has 0 unspecified atom stereocenters. The average Bonchev–Trinajstić information content (AvgIpc) is 3.04. The van der Waals surface area contributed by atoms with Gasteiger partial charge in [0.15, 0.2) is 0 Å². The topological polar surface area (TPSA) is 47.4 Å². The van der Waals surface area contributed by atoms with E-state index in [0.717, 1.165) is 24.2 Å². The molecule has 0 spiro atoms. The van der Waals surface area contributed by atoms with E-state index in [4.69, 9.17) is 4.74 Å². The molecular formula is C19H24FN3O2. The van der Waals surface area contributed by atoms with Gasteiger partial charge >= 0.3 is 6.09 Å². The fourth-order valence-corrected chi connectivity index (χ4v) is 2.98. The number of hydrogen-bond acceptors (Lipinski definition) is 3. The van der Waals surface area contributed by atoms with Gasteiger partial charge in [-0.15, -0.1) is 0 Å². The van der Waals surface area contributed by atoms with Crippen molar-refractivity contribution in [1.29, 1.82) is 0 Å². The lowest BCUT2D eigenvalue weighted by molar-refractivity contribution is 0.0204. The molecule has 6 heteroatoms. The summed E-state index contributed by atoms with van der Waals surface area (Å²) in [5, 5.41) is 4.62. The summed E-state index contributed by atoms with van der Waals surface area (Å²) in [6.45, 7) is 6.96. The van der Waals surface area contributed by atoms with Gasteiger partial charge in [-0.25, -0.2) is 13.9 Å². The molecule has 0 radical (unpaired) electrons. The molecule has 25 heavy (non-hydrogen) atoms. The summed E-state index contributed by atoms with van der Waals surface area (Å²) in [6, 6.07) is 8.26. The van der Waals surface area contributed by atoms with Crippen LogP contribution in [-0.2, 0) is 4.74 Å². The summed E-state index contributed by atoms with van der Waals surface area (Å²) in [5.41, 5.74) is 1.37. The molecule has 1 saturated heterocycles. The molecule has 0 N–H and O–H groups in total. The Hall–Kier alpha value is -2.37. The van der Waals surface area contributed by atoms with E-state index in [-0.39, 0.29) is 11.9 Å². The molecule has 3 rings (SSSR count). The lowest BCUT2D eigenvalue weighted by Crippen LogP contribution is -2.41. The predicted molar refractivity (Wildman–Crippen MR) is 93.3 cm³/mol. The van der Waals surface area contributed by atoms with Gasteiger partial charge in [0.05, 0.1) is 11.4 Å². The number of rotatable bonds is 2. The Morgan fingerprint density at radius 1 is 1.16 bits per heavy atom. The monoisotopic (exact) mass is 345 g/mol. The van der Waals surface area contributed by atoms with Crippen molar-refractivity contribution in [2.75, 3.05) is 13.1 Å². The summed E-state index contributed by atoms with van der Waals surface area (Å²) in [6.07, 6.45) is 3.37. The van der Waals surface area contributed by atoms with Crippen LogP contribution in [0.25, 0.3) is 5.69 Å². The number of aromatic nitrogens is 2. The van der Waals surface area contributed by atoms with Gasteiger partial charge in [0.2, 0.25) is 0 Å². The number of likely N-dealkylation sites (tertiary alicyclic amines) is 1. The molecule has 5 nitrogen and oxygen atoms in total. The van der Waals surface area contributed by atoms with Crippen molar-refractivity contribution in [2.24, 2.45) is 0 Å². The Bertz CT molecular complexity index is 726. The number of piperidine rings is 1. The van der Waals surface area contributed by atoms with E-state index in [1.54, 1.807) is 21.7 Å². The van der Waals surface area contributed by atoms with Gasteiger partial charge in [-0.05, 0) is 63.9 Å². The van der Waals surface area contributed by atoms with Crippen LogP contribution in [0.5, 0.6) is 0 Å². The van der Waals surface area contributed by atoms with Crippen molar-refractivity contribution in [2.45, 2.75) is 45.1 Å². The maximum atomic E-state index is 13.0. The third-order valence-corrected chi connectivity index (χ3v) is 4.27. The van der Waals surface area contributed by atoms with E-state index in [2.05, 4.69) is 5.10 Å². The van der Waals surface area contributed by atoms with Crippen LogP contribution in [0.3, 0.4) is 0 Å². The molecule has 0 atom stereocenters. The number of benzene rings is 1. The summed E-state index contributed by atoms with van der Waals surface area (Å²) in [7, 11) is 0. The Morgan fingerprint density at radius 2 is 1.80 bits per heavy atom. The Balaban J connectivity index is 1.60. The fourth-order valence-electron chi connectivity index (χ4n) is 2.98. The van der Waals surface area contributed by atoms with Gasteiger partial charge in [0, 0.05) is 25.2 Å². The molecule has 1 aromatic heterocycles. The number of hydrogen-bond donors (Lipinski definition) is 0. The molecule has 2 heterocycles. The molecular weight excluding hydrogens is 321 g/mol. The van der Waals surface area contributed by atoms with Crippen molar-refractivity contribution in [3.8, 4) is 5.69 Å². The lowest BCUT2D eigenvalue weighted by Gasteiger charge is -2.32. The number of nitrogens with zero attached hydrogens (tertiary/aromatic N) is 3. The zero-order valence-corrected chi connectivity index (χ0v) is 14.9. The SMILES string of the molecule is CC(C)(C)OC(=O)N1CCC(c2ccn(-c3ccc(F)cc3)n2)CC1. The standard InChI is InChI=1S/C19H24FN3O2/c1-19(2,3)25-18(24)22-11-8-14(9-12-22)17-10-13-23(21-17)16-6-4-15(20)5-7-16/h4-7,10,13-14H,8-9,11-12H2,1-3H3. The van der Waals surface area contributed by atoms with E-state index in [0.29, 0.717) is 19.0 Å². The highest BCUT2D eigenvalue weighted by molar-refractivity contribution is 5.68. The zero-order chi connectivity index (χ0) is 18.0. The van der Waals surface area contributed by atoms with Crippen molar-refractivity contribution >= 4 is 6.09 Å². The zero-order valence-electron chi connectivity index (χ0n) is 14.9. The molecule has 0 saturated carbocycles. The van der Waals surface area contributed by atoms with Crippen LogP contribution < -0.4 is 0 Å². The van der Waals surface area contributed by atoms with Crippen LogP contribution in [0.15, 0.2) is 36.5 Å². The highest BCUT2D eigenvalue weighted by Gasteiger charge is 2.28. The molecule has 1 fully saturated rings. The average molecular weight is 345 g/mol. The number of ether oxygens (including phenoxy) is 1. The second kappa shape index (κ2) is 6.86. The Kier molecular flexibility index (Phi) is 4.79. The molecule has 2 aromatic rings. The fraction of sp³-hybridized carbons (Fsp3) is 0.474. The Labute approximate surface area is 147 Å². The molecule has 1 aromatic carbocycles. The first-order valence-electron chi connectivity index (χ1n) is 8.61. The number of carbonyl (C=O) groups is 1. The lowest BCUT2D eigenvalue weighted by atomic mass is 9.94. The largest absolute Gasteiger partial charge is 0.444 e. The Morgan fingerprint density at radius 3 is 2.40 bits per heavy atom. The van der Waals surface area contributed by atoms with Gasteiger partial charge in [-0.2, -0.15) is 5.10 Å². The van der Waals surface area contributed by atoms with Crippen LogP contribution >= 0.6 is 0 Å². The summed E-state index contributed by atoms with van der Waals surface area (Å²) in [4.78, 5) is 13.9. The molecule has 1 aliphatic heterocycles. The first kappa shape index (κ1) is 17.5. The van der Waals surface area contributed by atoms with Gasteiger partial charge in [-0.3, -0.25) is 0 Å². The smallest absolute Gasteiger partial charge is 0.410 e. The van der Waals surface area contributed by atoms with E-state index < -0.39 is 5.60 Å².